The van der Waals surface area contributed by atoms with E-state index < -0.39 is 5.97 Å². The van der Waals surface area contributed by atoms with Crippen LogP contribution in [-0.2, 0) is 14.3 Å². The van der Waals surface area contributed by atoms with Gasteiger partial charge in [0.05, 0.1) is 18.8 Å². The van der Waals surface area contributed by atoms with E-state index in [0.29, 0.717) is 35.8 Å². The van der Waals surface area contributed by atoms with E-state index in [1.165, 1.54) is 0 Å². The molecule has 2 N–H and O–H groups in total. The van der Waals surface area contributed by atoms with Crippen LogP contribution in [0.5, 0.6) is 0 Å². The van der Waals surface area contributed by atoms with Crippen molar-refractivity contribution in [2.75, 3.05) is 25.6 Å². The second-order valence-electron chi connectivity index (χ2n) is 8.23. The second kappa shape index (κ2) is 9.18. The summed E-state index contributed by atoms with van der Waals surface area (Å²) < 4.78 is 16.0. The number of hydrogen-bond donors (Lipinski definition) is 2. The third kappa shape index (κ3) is 4.37. The highest BCUT2D eigenvalue weighted by Crippen LogP contribution is 2.37. The molecule has 30 heavy (non-hydrogen) atoms. The zero-order chi connectivity index (χ0) is 21.1. The Morgan fingerprint density at radius 1 is 1.17 bits per heavy atom. The first-order valence-corrected chi connectivity index (χ1v) is 10.9. The fourth-order valence-electron chi connectivity index (χ4n) is 4.91. The Hall–Kier alpha value is -2.38. The quantitative estimate of drug-likeness (QED) is 0.700. The number of fused-ring (bicyclic) bond motifs is 1. The van der Waals surface area contributed by atoms with Gasteiger partial charge in [0.15, 0.2) is 0 Å². The lowest BCUT2D eigenvalue weighted by atomic mass is 9.75. The van der Waals surface area contributed by atoms with Crippen LogP contribution in [0.3, 0.4) is 0 Å². The molecule has 2 aliphatic rings. The van der Waals surface area contributed by atoms with Gasteiger partial charge in [-0.1, -0.05) is 0 Å². The summed E-state index contributed by atoms with van der Waals surface area (Å²) in [6, 6.07) is 6.86. The summed E-state index contributed by atoms with van der Waals surface area (Å²) in [4.78, 5) is 24.9. The number of rotatable bonds is 6. The van der Waals surface area contributed by atoms with E-state index in [9.17, 15) is 9.59 Å². The van der Waals surface area contributed by atoms with Gasteiger partial charge in [-0.05, 0) is 81.7 Å². The summed E-state index contributed by atoms with van der Waals surface area (Å²) in [6.45, 7) is 2.91. The normalized spacial score (nSPS) is 26.6. The Morgan fingerprint density at radius 2 is 1.97 bits per heavy atom. The van der Waals surface area contributed by atoms with Gasteiger partial charge in [-0.25, -0.2) is 4.79 Å². The Labute approximate surface area is 176 Å². The summed E-state index contributed by atoms with van der Waals surface area (Å²) in [5.41, 5.74) is 1.28. The number of benzene rings is 1. The maximum absolute atomic E-state index is 13.0. The van der Waals surface area contributed by atoms with Crippen LogP contribution in [0.1, 0.15) is 49.6 Å². The van der Waals surface area contributed by atoms with Gasteiger partial charge >= 0.3 is 5.97 Å². The molecule has 1 aliphatic carbocycles. The third-order valence-corrected chi connectivity index (χ3v) is 6.47. The zero-order valence-corrected chi connectivity index (χ0v) is 17.6. The summed E-state index contributed by atoms with van der Waals surface area (Å²) in [6.07, 6.45) is 5.78. The smallest absolute Gasteiger partial charge is 0.374 e. The molecule has 1 saturated heterocycles. The highest BCUT2D eigenvalue weighted by Gasteiger charge is 2.39. The van der Waals surface area contributed by atoms with Crippen LogP contribution in [-0.4, -0.2) is 44.3 Å². The van der Waals surface area contributed by atoms with Crippen LogP contribution >= 0.6 is 0 Å². The molecule has 0 unspecified atom stereocenters. The molecule has 1 aromatic carbocycles. The van der Waals surface area contributed by atoms with Crippen molar-refractivity contribution in [1.29, 1.82) is 0 Å². The number of anilines is 1. The number of carbonyl (C=O) groups is 2. The van der Waals surface area contributed by atoms with Crippen LogP contribution < -0.4 is 10.6 Å². The molecule has 2 fully saturated rings. The van der Waals surface area contributed by atoms with Crippen LogP contribution in [0.4, 0.5) is 5.69 Å². The fraction of sp³-hybridized carbons (Fsp3) is 0.565. The van der Waals surface area contributed by atoms with E-state index in [-0.39, 0.29) is 17.7 Å². The number of nitrogens with one attached hydrogen (secondary N) is 2. The molecule has 1 amide bonds. The van der Waals surface area contributed by atoms with E-state index in [1.54, 1.807) is 32.2 Å². The predicted octanol–water partition coefficient (Wildman–Crippen LogP) is 3.73. The molecule has 1 saturated carbocycles. The Bertz CT molecular complexity index is 900. The standard InChI is InChI=1S/C23H30N2O5/c1-3-29-23(27)20-13-15-12-16(6-9-19(15)30-20)25-22(26)21-18(10-11-24-21)14-4-7-17(28-2)8-5-14/h6,9,12-14,17-18,21,24H,3-5,7-8,10-11H2,1-2H3,(H,25,26)/t14?,17?,18-,21-/m0/s1. The predicted molar refractivity (Wildman–Crippen MR) is 113 cm³/mol. The zero-order valence-electron chi connectivity index (χ0n) is 17.6. The SMILES string of the molecule is CCOC(=O)c1cc2cc(NC(=O)[C@H]3NCC[C@H]3C3CCC(OC)CC3)ccc2o1. The molecule has 0 bridgehead atoms. The van der Waals surface area contributed by atoms with Gasteiger partial charge in [-0.3, -0.25) is 4.79 Å². The molecule has 7 heteroatoms. The number of hydrogen-bond acceptors (Lipinski definition) is 6. The van der Waals surface area contributed by atoms with Gasteiger partial charge in [-0.2, -0.15) is 0 Å². The van der Waals surface area contributed by atoms with Crippen molar-refractivity contribution in [3.63, 3.8) is 0 Å². The Morgan fingerprint density at radius 3 is 2.70 bits per heavy atom. The molecule has 2 heterocycles. The molecule has 162 valence electrons. The monoisotopic (exact) mass is 414 g/mol. The van der Waals surface area contributed by atoms with Gasteiger partial charge in [0.2, 0.25) is 11.7 Å². The summed E-state index contributed by atoms with van der Waals surface area (Å²) >= 11 is 0. The molecule has 1 aromatic heterocycles. The average Bonchev–Trinajstić information content (AvgIpc) is 3.41. The number of furan rings is 1. The lowest BCUT2D eigenvalue weighted by Crippen LogP contribution is -2.43. The van der Waals surface area contributed by atoms with Crippen molar-refractivity contribution >= 4 is 28.5 Å². The molecular weight excluding hydrogens is 384 g/mol. The van der Waals surface area contributed by atoms with Crippen molar-refractivity contribution in [1.82, 2.24) is 5.32 Å². The lowest BCUT2D eigenvalue weighted by molar-refractivity contribution is -0.119. The molecule has 2 atom stereocenters. The molecule has 2 aromatic rings. The number of carbonyl (C=O) groups excluding carboxylic acids is 2. The highest BCUT2D eigenvalue weighted by molar-refractivity contribution is 5.98. The second-order valence-corrected chi connectivity index (χ2v) is 8.23. The van der Waals surface area contributed by atoms with E-state index in [2.05, 4.69) is 10.6 Å². The van der Waals surface area contributed by atoms with Gasteiger partial charge in [0.1, 0.15) is 5.58 Å². The van der Waals surface area contributed by atoms with E-state index in [0.717, 1.165) is 44.0 Å². The minimum Gasteiger partial charge on any atom is -0.460 e. The first kappa shape index (κ1) is 20.9. The molecule has 1 aliphatic heterocycles. The van der Waals surface area contributed by atoms with Gasteiger partial charge in [-0.15, -0.1) is 0 Å². The summed E-state index contributed by atoms with van der Waals surface area (Å²) in [7, 11) is 1.78. The van der Waals surface area contributed by atoms with Crippen molar-refractivity contribution in [2.24, 2.45) is 11.8 Å². The highest BCUT2D eigenvalue weighted by atomic mass is 16.5. The average molecular weight is 415 g/mol. The molecular formula is C23H30N2O5. The number of esters is 1. The van der Waals surface area contributed by atoms with Gasteiger partial charge in [0, 0.05) is 18.2 Å². The first-order valence-electron chi connectivity index (χ1n) is 10.9. The minimum absolute atomic E-state index is 0.000161. The van der Waals surface area contributed by atoms with Crippen molar-refractivity contribution in [3.05, 3.63) is 30.0 Å². The maximum atomic E-state index is 13.0. The van der Waals surface area contributed by atoms with Crippen LogP contribution in [0.2, 0.25) is 0 Å². The molecule has 0 spiro atoms. The Balaban J connectivity index is 1.42. The first-order chi connectivity index (χ1) is 14.6. The van der Waals surface area contributed by atoms with Crippen LogP contribution in [0, 0.1) is 11.8 Å². The summed E-state index contributed by atoms with van der Waals surface area (Å²) in [5.74, 6) is 0.598. The van der Waals surface area contributed by atoms with Crippen molar-refractivity contribution in [3.8, 4) is 0 Å². The van der Waals surface area contributed by atoms with Gasteiger partial charge in [0.25, 0.3) is 0 Å². The van der Waals surface area contributed by atoms with Gasteiger partial charge < -0.3 is 24.5 Å². The van der Waals surface area contributed by atoms with E-state index >= 15 is 0 Å². The van der Waals surface area contributed by atoms with Crippen LogP contribution in [0.15, 0.2) is 28.7 Å². The number of amides is 1. The van der Waals surface area contributed by atoms with Crippen molar-refractivity contribution < 1.29 is 23.5 Å². The minimum atomic E-state index is -0.486. The molecule has 4 rings (SSSR count). The third-order valence-electron chi connectivity index (χ3n) is 6.47. The van der Waals surface area contributed by atoms with Crippen molar-refractivity contribution in [2.45, 2.75) is 51.2 Å². The van der Waals surface area contributed by atoms with Crippen LogP contribution in [0.25, 0.3) is 11.0 Å². The number of methoxy groups -OCH3 is 1. The maximum Gasteiger partial charge on any atom is 0.374 e. The number of ether oxygens (including phenoxy) is 2. The Kier molecular flexibility index (Phi) is 6.39. The largest absolute Gasteiger partial charge is 0.460 e. The van der Waals surface area contributed by atoms with E-state index in [4.69, 9.17) is 13.9 Å². The molecule has 7 nitrogen and oxygen atoms in total. The molecule has 0 radical (unpaired) electrons. The summed E-state index contributed by atoms with van der Waals surface area (Å²) in [5, 5.41) is 7.20. The topological polar surface area (TPSA) is 89.8 Å². The fourth-order valence-corrected chi connectivity index (χ4v) is 4.91. The van der Waals surface area contributed by atoms with E-state index in [1.807, 2.05) is 6.07 Å². The lowest BCUT2D eigenvalue weighted by Gasteiger charge is -2.33.